The van der Waals surface area contributed by atoms with Gasteiger partial charge in [0.05, 0.1) is 6.54 Å². The molecule has 9 heteroatoms. The lowest BCUT2D eigenvalue weighted by Crippen LogP contribution is -2.22. The van der Waals surface area contributed by atoms with Gasteiger partial charge in [0, 0.05) is 6.26 Å². The van der Waals surface area contributed by atoms with Crippen LogP contribution in [0.4, 0.5) is 0 Å². The Labute approximate surface area is 132 Å². The van der Waals surface area contributed by atoms with Crippen LogP contribution in [0.5, 0.6) is 0 Å². The van der Waals surface area contributed by atoms with Crippen molar-refractivity contribution in [2.45, 2.75) is 19.2 Å². The molecule has 2 aromatic heterocycles. The second-order valence-corrected chi connectivity index (χ2v) is 7.15. The van der Waals surface area contributed by atoms with E-state index in [2.05, 4.69) is 5.32 Å². The van der Waals surface area contributed by atoms with E-state index in [1.807, 2.05) is 0 Å². The predicted molar refractivity (Wildman–Crippen MR) is 78.8 cm³/mol. The van der Waals surface area contributed by atoms with Crippen LogP contribution < -0.4 is 5.32 Å². The van der Waals surface area contributed by atoms with Crippen LogP contribution in [0.1, 0.15) is 38.2 Å². The summed E-state index contributed by atoms with van der Waals surface area (Å²) in [5, 5.41) is 11.4. The number of hydrogen-bond donors (Lipinski definition) is 2. The van der Waals surface area contributed by atoms with E-state index in [9.17, 15) is 18.0 Å². The maximum Gasteiger partial charge on any atom is 0.339 e. The molecule has 0 radical (unpaired) electrons. The Balaban J connectivity index is 2.00. The third-order valence-corrected chi connectivity index (χ3v) is 3.72. The fraction of sp³-hybridized carbons (Fsp3) is 0.286. The van der Waals surface area contributed by atoms with Crippen LogP contribution in [0.2, 0.25) is 0 Å². The quantitative estimate of drug-likeness (QED) is 0.812. The average Bonchev–Trinajstić information content (AvgIpc) is 3.01. The molecule has 0 aromatic carbocycles. The summed E-state index contributed by atoms with van der Waals surface area (Å²) in [5.41, 5.74) is 0.0303. The minimum Gasteiger partial charge on any atom is -0.478 e. The van der Waals surface area contributed by atoms with Gasteiger partial charge < -0.3 is 19.3 Å². The lowest BCUT2D eigenvalue weighted by atomic mass is 10.2. The number of aromatic carboxylic acids is 1. The molecule has 0 spiro atoms. The number of carbonyl (C=O) groups excluding carboxylic acids is 1. The van der Waals surface area contributed by atoms with Gasteiger partial charge in [0.15, 0.2) is 15.6 Å². The highest BCUT2D eigenvalue weighted by molar-refractivity contribution is 7.89. The average molecular weight is 341 g/mol. The Kier molecular flexibility index (Phi) is 4.60. The molecule has 2 N–H and O–H groups in total. The molecule has 0 unspecified atom stereocenters. The second kappa shape index (κ2) is 6.29. The highest BCUT2D eigenvalue weighted by Crippen LogP contribution is 2.15. The van der Waals surface area contributed by atoms with Gasteiger partial charge in [-0.05, 0) is 25.1 Å². The first-order chi connectivity index (χ1) is 10.7. The summed E-state index contributed by atoms with van der Waals surface area (Å²) in [4.78, 5) is 22.8. The number of nitrogens with one attached hydrogen (secondary N) is 1. The molecule has 0 atom stereocenters. The number of amides is 1. The first-order valence-electron chi connectivity index (χ1n) is 6.53. The van der Waals surface area contributed by atoms with E-state index >= 15 is 0 Å². The van der Waals surface area contributed by atoms with Crippen molar-refractivity contribution in [2.75, 3.05) is 6.26 Å². The number of aryl methyl sites for hydroxylation is 1. The topological polar surface area (TPSA) is 127 Å². The van der Waals surface area contributed by atoms with Crippen molar-refractivity contribution in [1.82, 2.24) is 5.32 Å². The molecule has 0 aliphatic rings. The number of carbonyl (C=O) groups is 2. The minimum atomic E-state index is -3.25. The van der Waals surface area contributed by atoms with Crippen molar-refractivity contribution in [3.63, 3.8) is 0 Å². The summed E-state index contributed by atoms with van der Waals surface area (Å²) in [7, 11) is -3.25. The molecule has 0 saturated carbocycles. The highest BCUT2D eigenvalue weighted by atomic mass is 32.2. The Bertz CT molecular complexity index is 844. The molecule has 1 amide bonds. The van der Waals surface area contributed by atoms with E-state index in [0.29, 0.717) is 0 Å². The number of carboxylic acid groups (broad SMARTS) is 1. The SMILES string of the molecule is Cc1oc(CNC(=O)c2ccc(CS(C)(=O)=O)o2)cc1C(=O)O. The largest absolute Gasteiger partial charge is 0.478 e. The summed E-state index contributed by atoms with van der Waals surface area (Å²) < 4.78 is 32.7. The van der Waals surface area contributed by atoms with Crippen LogP contribution in [-0.2, 0) is 22.1 Å². The number of rotatable bonds is 6. The Morgan fingerprint density at radius 3 is 2.48 bits per heavy atom. The summed E-state index contributed by atoms with van der Waals surface area (Å²) in [6.45, 7) is 1.49. The van der Waals surface area contributed by atoms with E-state index in [-0.39, 0.29) is 40.9 Å². The van der Waals surface area contributed by atoms with Crippen LogP contribution in [0.3, 0.4) is 0 Å². The summed E-state index contributed by atoms with van der Waals surface area (Å²) in [5.74, 6) is -1.30. The molecule has 2 heterocycles. The zero-order valence-corrected chi connectivity index (χ0v) is 13.3. The standard InChI is InChI=1S/C14H15NO7S/c1-8-11(14(17)18)5-10(21-8)6-15-13(16)12-4-3-9(22-12)7-23(2,19)20/h3-5H,6-7H2,1-2H3,(H,15,16)(H,17,18). The Morgan fingerprint density at radius 1 is 1.22 bits per heavy atom. The maximum absolute atomic E-state index is 11.9. The van der Waals surface area contributed by atoms with Crippen molar-refractivity contribution in [3.05, 3.63) is 46.8 Å². The fourth-order valence-corrected chi connectivity index (χ4v) is 2.61. The van der Waals surface area contributed by atoms with E-state index in [0.717, 1.165) is 6.26 Å². The van der Waals surface area contributed by atoms with E-state index in [1.54, 1.807) is 0 Å². The first-order valence-corrected chi connectivity index (χ1v) is 8.59. The fourth-order valence-electron chi connectivity index (χ4n) is 1.93. The Hall–Kier alpha value is -2.55. The van der Waals surface area contributed by atoms with Crippen molar-refractivity contribution in [3.8, 4) is 0 Å². The van der Waals surface area contributed by atoms with Crippen LogP contribution in [0.15, 0.2) is 27.0 Å². The summed E-state index contributed by atoms with van der Waals surface area (Å²) >= 11 is 0. The molecule has 2 rings (SSSR count). The van der Waals surface area contributed by atoms with Gasteiger partial charge in [-0.2, -0.15) is 0 Å². The monoisotopic (exact) mass is 341 g/mol. The van der Waals surface area contributed by atoms with Crippen LogP contribution in [0.25, 0.3) is 0 Å². The normalized spacial score (nSPS) is 11.4. The van der Waals surface area contributed by atoms with Gasteiger partial charge in [-0.3, -0.25) is 4.79 Å². The zero-order chi connectivity index (χ0) is 17.2. The third-order valence-electron chi connectivity index (χ3n) is 2.91. The second-order valence-electron chi connectivity index (χ2n) is 5.01. The zero-order valence-electron chi connectivity index (χ0n) is 12.5. The van der Waals surface area contributed by atoms with Gasteiger partial charge in [-0.1, -0.05) is 0 Å². The third kappa shape index (κ3) is 4.46. The van der Waals surface area contributed by atoms with Gasteiger partial charge in [0.25, 0.3) is 5.91 Å². The van der Waals surface area contributed by atoms with Gasteiger partial charge in [0.2, 0.25) is 0 Å². The van der Waals surface area contributed by atoms with Crippen molar-refractivity contribution in [2.24, 2.45) is 0 Å². The van der Waals surface area contributed by atoms with Crippen molar-refractivity contribution < 1.29 is 31.9 Å². The van der Waals surface area contributed by atoms with Crippen molar-refractivity contribution >= 4 is 21.7 Å². The smallest absolute Gasteiger partial charge is 0.339 e. The number of furan rings is 2. The lowest BCUT2D eigenvalue weighted by molar-refractivity contribution is 0.0694. The summed E-state index contributed by atoms with van der Waals surface area (Å²) in [6, 6.07) is 4.11. The molecule has 8 nitrogen and oxygen atoms in total. The minimum absolute atomic E-state index is 0.0188. The maximum atomic E-state index is 11.9. The lowest BCUT2D eigenvalue weighted by Gasteiger charge is -2.00. The Morgan fingerprint density at radius 2 is 1.91 bits per heavy atom. The molecule has 0 saturated heterocycles. The molecular formula is C14H15NO7S. The van der Waals surface area contributed by atoms with Gasteiger partial charge in [-0.25, -0.2) is 13.2 Å². The van der Waals surface area contributed by atoms with Crippen LogP contribution >= 0.6 is 0 Å². The first kappa shape index (κ1) is 16.8. The van der Waals surface area contributed by atoms with Gasteiger partial charge >= 0.3 is 5.97 Å². The van der Waals surface area contributed by atoms with E-state index in [1.165, 1.54) is 25.1 Å². The van der Waals surface area contributed by atoms with Crippen molar-refractivity contribution in [1.29, 1.82) is 0 Å². The van der Waals surface area contributed by atoms with Gasteiger partial charge in [-0.15, -0.1) is 0 Å². The molecule has 0 aliphatic heterocycles. The molecule has 0 bridgehead atoms. The molecular weight excluding hydrogens is 326 g/mol. The number of sulfone groups is 1. The molecule has 0 aliphatic carbocycles. The van der Waals surface area contributed by atoms with Crippen LogP contribution in [-0.4, -0.2) is 31.7 Å². The molecule has 2 aromatic rings. The molecule has 0 fully saturated rings. The molecule has 23 heavy (non-hydrogen) atoms. The predicted octanol–water partition coefficient (Wildman–Crippen LogP) is 1.35. The molecule has 124 valence electrons. The van der Waals surface area contributed by atoms with Gasteiger partial charge in [0.1, 0.15) is 28.6 Å². The number of carboxylic acids is 1. The van der Waals surface area contributed by atoms with Crippen LogP contribution in [0, 0.1) is 6.92 Å². The summed E-state index contributed by atoms with van der Waals surface area (Å²) in [6.07, 6.45) is 1.06. The van der Waals surface area contributed by atoms with E-state index < -0.39 is 21.7 Å². The highest BCUT2D eigenvalue weighted by Gasteiger charge is 2.16. The number of hydrogen-bond acceptors (Lipinski definition) is 6. The van der Waals surface area contributed by atoms with E-state index in [4.69, 9.17) is 13.9 Å².